The zero-order valence-corrected chi connectivity index (χ0v) is 24.7. The van der Waals surface area contributed by atoms with Crippen LogP contribution < -0.4 is 4.90 Å². The molecule has 0 N–H and O–H groups in total. The van der Waals surface area contributed by atoms with E-state index in [0.717, 1.165) is 17.1 Å². The summed E-state index contributed by atoms with van der Waals surface area (Å²) in [5.74, 6) is 0. The molecule has 210 valence electrons. The molecule has 0 heterocycles. The molecule has 0 saturated carbocycles. The second-order valence-corrected chi connectivity index (χ2v) is 11.8. The van der Waals surface area contributed by atoms with E-state index in [9.17, 15) is 0 Å². The van der Waals surface area contributed by atoms with Gasteiger partial charge in [0.25, 0.3) is 0 Å². The van der Waals surface area contributed by atoms with E-state index in [-0.39, 0.29) is 0 Å². The highest BCUT2D eigenvalue weighted by molar-refractivity contribution is 6.24. The maximum absolute atomic E-state index is 2.35. The number of hydrogen-bond acceptors (Lipinski definition) is 1. The Labute approximate surface area is 262 Å². The third-order valence-electron chi connectivity index (χ3n) is 9.10. The van der Waals surface area contributed by atoms with Crippen molar-refractivity contribution in [1.29, 1.82) is 0 Å². The molecule has 0 aliphatic heterocycles. The van der Waals surface area contributed by atoms with Gasteiger partial charge in [0.2, 0.25) is 0 Å². The predicted octanol–water partition coefficient (Wildman–Crippen LogP) is 12.5. The van der Waals surface area contributed by atoms with Gasteiger partial charge in [-0.1, -0.05) is 109 Å². The third-order valence-corrected chi connectivity index (χ3v) is 9.10. The van der Waals surface area contributed by atoms with Crippen LogP contribution >= 0.6 is 0 Å². The van der Waals surface area contributed by atoms with Gasteiger partial charge in [-0.3, -0.25) is 0 Å². The van der Waals surface area contributed by atoms with Gasteiger partial charge in [0.15, 0.2) is 0 Å². The number of para-hydroxylation sites is 2. The Morgan fingerprint density at radius 3 is 1.16 bits per heavy atom. The maximum atomic E-state index is 2.35. The minimum atomic E-state index is 1.14. The van der Waals surface area contributed by atoms with Crippen molar-refractivity contribution >= 4 is 60.2 Å². The van der Waals surface area contributed by atoms with Gasteiger partial charge < -0.3 is 4.90 Å². The lowest BCUT2D eigenvalue weighted by Gasteiger charge is -2.25. The smallest absolute Gasteiger partial charge is 0.0462 e. The van der Waals surface area contributed by atoms with Crippen molar-refractivity contribution in [3.05, 3.63) is 176 Å². The summed E-state index contributed by atoms with van der Waals surface area (Å²) in [4.78, 5) is 2.30. The normalized spacial score (nSPS) is 11.6. The van der Waals surface area contributed by atoms with Crippen LogP contribution in [0.3, 0.4) is 0 Å². The summed E-state index contributed by atoms with van der Waals surface area (Å²) in [5.41, 5.74) is 8.37. The summed E-state index contributed by atoms with van der Waals surface area (Å²) in [5, 5.41) is 10.4. The zero-order valence-electron chi connectivity index (χ0n) is 24.7. The molecule has 0 aromatic heterocycles. The number of nitrogens with zero attached hydrogens (tertiary/aromatic N) is 1. The Balaban J connectivity index is 1.11. The van der Waals surface area contributed by atoms with E-state index in [2.05, 4.69) is 181 Å². The second-order valence-electron chi connectivity index (χ2n) is 11.8. The summed E-state index contributed by atoms with van der Waals surface area (Å²) >= 11 is 0. The molecule has 0 saturated heterocycles. The van der Waals surface area contributed by atoms with Gasteiger partial charge in [-0.2, -0.15) is 0 Å². The van der Waals surface area contributed by atoms with Gasteiger partial charge >= 0.3 is 0 Å². The highest BCUT2D eigenvalue weighted by Crippen LogP contribution is 2.41. The van der Waals surface area contributed by atoms with Crippen LogP contribution in [0.1, 0.15) is 0 Å². The Bertz CT molecular complexity index is 2350. The van der Waals surface area contributed by atoms with Crippen LogP contribution in [0, 0.1) is 0 Å². The number of fused-ring (bicyclic) bond motifs is 1. The molecule has 0 fully saturated rings. The highest BCUT2D eigenvalue weighted by atomic mass is 15.1. The lowest BCUT2D eigenvalue weighted by Crippen LogP contribution is -2.09. The fourth-order valence-electron chi connectivity index (χ4n) is 6.94. The van der Waals surface area contributed by atoms with Gasteiger partial charge in [0.1, 0.15) is 0 Å². The first-order valence-corrected chi connectivity index (χ1v) is 15.5. The molecule has 45 heavy (non-hydrogen) atoms. The number of anilines is 3. The molecule has 0 aliphatic carbocycles. The molecule has 9 rings (SSSR count). The van der Waals surface area contributed by atoms with Crippen molar-refractivity contribution in [2.24, 2.45) is 0 Å². The molecule has 9 aromatic carbocycles. The SMILES string of the molecule is c1ccc(N(c2ccccc2)c2ccc(-c3cc4ccc5cc(-c6ccc7ccccc7c6)cc6ccc(c3)c4c56)cc2)cc1. The standard InChI is InChI=1S/C44H29N/c1-3-11-40(12-4-1)45(41-13-5-2-6-14-41)42-23-21-31(22-24-42)38-26-34-17-19-36-28-39(29-37-20-18-35(27-38)43(34)44(36)37)33-16-15-30-9-7-8-10-32(30)25-33/h1-29H. The van der Waals surface area contributed by atoms with E-state index in [1.54, 1.807) is 0 Å². The molecule has 0 bridgehead atoms. The minimum Gasteiger partial charge on any atom is -0.311 e. The van der Waals surface area contributed by atoms with Crippen LogP contribution in [0.25, 0.3) is 65.3 Å². The van der Waals surface area contributed by atoms with Gasteiger partial charge in [-0.15, -0.1) is 0 Å². The monoisotopic (exact) mass is 571 g/mol. The van der Waals surface area contributed by atoms with Gasteiger partial charge in [-0.05, 0) is 132 Å². The van der Waals surface area contributed by atoms with E-state index in [0.29, 0.717) is 0 Å². The lowest BCUT2D eigenvalue weighted by molar-refractivity contribution is 1.28. The van der Waals surface area contributed by atoms with E-state index in [1.165, 1.54) is 65.3 Å². The summed E-state index contributed by atoms with van der Waals surface area (Å²) in [7, 11) is 0. The van der Waals surface area contributed by atoms with Crippen molar-refractivity contribution < 1.29 is 0 Å². The largest absolute Gasteiger partial charge is 0.311 e. The number of benzene rings is 9. The lowest BCUT2D eigenvalue weighted by atomic mass is 9.89. The second kappa shape index (κ2) is 10.4. The van der Waals surface area contributed by atoms with Crippen LogP contribution in [0.15, 0.2) is 176 Å². The van der Waals surface area contributed by atoms with Crippen molar-refractivity contribution in [2.45, 2.75) is 0 Å². The summed E-state index contributed by atoms with van der Waals surface area (Å²) in [6.45, 7) is 0. The number of rotatable bonds is 5. The van der Waals surface area contributed by atoms with Crippen molar-refractivity contribution in [3.8, 4) is 22.3 Å². The molecule has 1 nitrogen and oxygen atoms in total. The van der Waals surface area contributed by atoms with Crippen LogP contribution in [-0.2, 0) is 0 Å². The number of hydrogen-bond donors (Lipinski definition) is 0. The first kappa shape index (κ1) is 25.6. The summed E-state index contributed by atoms with van der Waals surface area (Å²) in [6, 6.07) is 64.0. The van der Waals surface area contributed by atoms with Gasteiger partial charge in [0, 0.05) is 17.1 Å². The van der Waals surface area contributed by atoms with Gasteiger partial charge in [-0.25, -0.2) is 0 Å². The van der Waals surface area contributed by atoms with Crippen LogP contribution in [-0.4, -0.2) is 0 Å². The Kier molecular flexibility index (Phi) is 5.89. The molecule has 0 spiro atoms. The fourth-order valence-corrected chi connectivity index (χ4v) is 6.94. The fraction of sp³-hybridized carbons (Fsp3) is 0. The average molecular weight is 572 g/mol. The summed E-state index contributed by atoms with van der Waals surface area (Å²) < 4.78 is 0. The van der Waals surface area contributed by atoms with E-state index < -0.39 is 0 Å². The van der Waals surface area contributed by atoms with Crippen LogP contribution in [0.5, 0.6) is 0 Å². The molecule has 0 radical (unpaired) electrons. The molecule has 1 heteroatoms. The quantitative estimate of drug-likeness (QED) is 0.186. The molecular weight excluding hydrogens is 542 g/mol. The van der Waals surface area contributed by atoms with E-state index in [1.807, 2.05) is 0 Å². The van der Waals surface area contributed by atoms with Crippen LogP contribution in [0.4, 0.5) is 17.1 Å². The van der Waals surface area contributed by atoms with Crippen molar-refractivity contribution in [1.82, 2.24) is 0 Å². The molecular formula is C44H29N. The molecule has 0 aliphatic rings. The third kappa shape index (κ3) is 4.41. The highest BCUT2D eigenvalue weighted by Gasteiger charge is 2.14. The molecule has 0 atom stereocenters. The minimum absolute atomic E-state index is 1.14. The van der Waals surface area contributed by atoms with Crippen LogP contribution in [0.2, 0.25) is 0 Å². The Morgan fingerprint density at radius 2 is 0.622 bits per heavy atom. The van der Waals surface area contributed by atoms with E-state index >= 15 is 0 Å². The Hall–Kier alpha value is -5.92. The Morgan fingerprint density at radius 1 is 0.244 bits per heavy atom. The first-order chi connectivity index (χ1) is 22.3. The first-order valence-electron chi connectivity index (χ1n) is 15.5. The van der Waals surface area contributed by atoms with E-state index in [4.69, 9.17) is 0 Å². The molecule has 0 unspecified atom stereocenters. The molecule has 0 amide bonds. The zero-order chi connectivity index (χ0) is 29.7. The maximum Gasteiger partial charge on any atom is 0.0462 e. The topological polar surface area (TPSA) is 3.24 Å². The average Bonchev–Trinajstić information content (AvgIpc) is 3.11. The molecule has 9 aromatic rings. The predicted molar refractivity (Wildman–Crippen MR) is 193 cm³/mol. The van der Waals surface area contributed by atoms with Crippen molar-refractivity contribution in [3.63, 3.8) is 0 Å². The van der Waals surface area contributed by atoms with Crippen molar-refractivity contribution in [2.75, 3.05) is 4.90 Å². The summed E-state index contributed by atoms with van der Waals surface area (Å²) in [6.07, 6.45) is 0. The van der Waals surface area contributed by atoms with Gasteiger partial charge in [0.05, 0.1) is 0 Å².